The summed E-state index contributed by atoms with van der Waals surface area (Å²) in [5.41, 5.74) is 0. The van der Waals surface area contributed by atoms with Gasteiger partial charge in [-0.2, -0.15) is 4.98 Å². The number of nitrogens with zero attached hydrogens (tertiary/aromatic N) is 2. The van der Waals surface area contributed by atoms with Crippen molar-refractivity contribution in [1.82, 2.24) is 9.97 Å². The third kappa shape index (κ3) is 3.36. The van der Waals surface area contributed by atoms with Crippen molar-refractivity contribution in [3.8, 4) is 0 Å². The van der Waals surface area contributed by atoms with Crippen molar-refractivity contribution in [2.24, 2.45) is 0 Å². The summed E-state index contributed by atoms with van der Waals surface area (Å²) in [5, 5.41) is 3.10. The van der Waals surface area contributed by atoms with Gasteiger partial charge in [-0.3, -0.25) is 0 Å². The molecule has 0 spiro atoms. The Bertz CT molecular complexity index is 242. The van der Waals surface area contributed by atoms with Gasteiger partial charge in [0.1, 0.15) is 5.82 Å². The van der Waals surface area contributed by atoms with Crippen LogP contribution in [0.5, 0.6) is 0 Å². The molecule has 12 heavy (non-hydrogen) atoms. The van der Waals surface area contributed by atoms with Gasteiger partial charge in [-0.15, -0.1) is 0 Å². The maximum absolute atomic E-state index is 5.51. The quantitative estimate of drug-likeness (QED) is 0.781. The van der Waals surface area contributed by atoms with E-state index in [1.165, 1.54) is 0 Å². The Kier molecular flexibility index (Phi) is 6.02. The van der Waals surface area contributed by atoms with Gasteiger partial charge in [-0.1, -0.05) is 13.8 Å². The first kappa shape index (κ1) is 11.6. The molecule has 1 aromatic heterocycles. The van der Waals surface area contributed by atoms with Gasteiger partial charge in [-0.05, 0) is 27.5 Å². The van der Waals surface area contributed by atoms with Crippen molar-refractivity contribution < 1.29 is 0 Å². The molecule has 0 fully saturated rings. The Balaban J connectivity index is 0.000000561. The van der Waals surface area contributed by atoms with E-state index in [1.54, 1.807) is 13.2 Å². The van der Waals surface area contributed by atoms with Crippen molar-refractivity contribution in [2.75, 3.05) is 12.4 Å². The minimum absolute atomic E-state index is 0.243. The molecule has 0 unspecified atom stereocenters. The molecule has 1 N–H and O–H groups in total. The number of rotatable bonds is 1. The standard InChI is InChI=1S/C5H5BrClN3.C2H6/c1-8-4-3(6)2-9-5(7)10-4;1-2/h2H,1H3,(H,8,9,10);1-2H3. The second-order valence-corrected chi connectivity index (χ2v) is 2.78. The van der Waals surface area contributed by atoms with E-state index in [9.17, 15) is 0 Å². The van der Waals surface area contributed by atoms with E-state index in [4.69, 9.17) is 11.6 Å². The van der Waals surface area contributed by atoms with Crippen LogP contribution in [0.2, 0.25) is 5.28 Å². The van der Waals surface area contributed by atoms with E-state index >= 15 is 0 Å². The summed E-state index contributed by atoms with van der Waals surface area (Å²) in [6.45, 7) is 4.00. The Morgan fingerprint density at radius 3 is 2.50 bits per heavy atom. The minimum atomic E-state index is 0.243. The number of hydrogen-bond donors (Lipinski definition) is 1. The highest BCUT2D eigenvalue weighted by Gasteiger charge is 1.99. The molecule has 1 aromatic rings. The minimum Gasteiger partial charge on any atom is -0.372 e. The van der Waals surface area contributed by atoms with Crippen LogP contribution in [-0.4, -0.2) is 17.0 Å². The van der Waals surface area contributed by atoms with Crippen molar-refractivity contribution in [3.63, 3.8) is 0 Å². The molecule has 3 nitrogen and oxygen atoms in total. The van der Waals surface area contributed by atoms with E-state index in [1.807, 2.05) is 13.8 Å². The highest BCUT2D eigenvalue weighted by atomic mass is 79.9. The van der Waals surface area contributed by atoms with Crippen molar-refractivity contribution in [2.45, 2.75) is 13.8 Å². The Hall–Kier alpha value is -0.350. The van der Waals surface area contributed by atoms with Gasteiger partial charge in [-0.25, -0.2) is 4.98 Å². The molecular formula is C7H11BrClN3. The van der Waals surface area contributed by atoms with Crippen LogP contribution in [0.15, 0.2) is 10.7 Å². The fourth-order valence-electron chi connectivity index (χ4n) is 0.521. The molecule has 1 rings (SSSR count). The van der Waals surface area contributed by atoms with Gasteiger partial charge in [0.05, 0.1) is 4.47 Å². The molecule has 0 aromatic carbocycles. The van der Waals surface area contributed by atoms with Crippen LogP contribution in [-0.2, 0) is 0 Å². The molecule has 0 radical (unpaired) electrons. The lowest BCUT2D eigenvalue weighted by molar-refractivity contribution is 1.14. The summed E-state index contributed by atoms with van der Waals surface area (Å²) < 4.78 is 0.805. The zero-order valence-electron chi connectivity index (χ0n) is 7.23. The lowest BCUT2D eigenvalue weighted by atomic mass is 10.6. The molecule has 68 valence electrons. The Morgan fingerprint density at radius 2 is 2.08 bits per heavy atom. The number of anilines is 1. The molecule has 0 aliphatic heterocycles. The van der Waals surface area contributed by atoms with Crippen LogP contribution < -0.4 is 5.32 Å². The average Bonchev–Trinajstić information content (AvgIpc) is 2.13. The van der Waals surface area contributed by atoms with E-state index in [0.717, 1.165) is 4.47 Å². The molecule has 0 bridgehead atoms. The number of halogens is 2. The average molecular weight is 253 g/mol. The van der Waals surface area contributed by atoms with Crippen LogP contribution >= 0.6 is 27.5 Å². The van der Waals surface area contributed by atoms with Crippen LogP contribution in [0, 0.1) is 0 Å². The molecule has 0 amide bonds. The number of hydrogen-bond acceptors (Lipinski definition) is 3. The zero-order valence-corrected chi connectivity index (χ0v) is 9.57. The van der Waals surface area contributed by atoms with Gasteiger partial charge in [0, 0.05) is 13.2 Å². The second kappa shape index (κ2) is 6.20. The Labute approximate surface area is 85.7 Å². The monoisotopic (exact) mass is 251 g/mol. The van der Waals surface area contributed by atoms with Crippen LogP contribution in [0.4, 0.5) is 5.82 Å². The van der Waals surface area contributed by atoms with Crippen molar-refractivity contribution in [3.05, 3.63) is 16.0 Å². The van der Waals surface area contributed by atoms with Gasteiger partial charge in [0.25, 0.3) is 0 Å². The third-order valence-corrected chi connectivity index (χ3v) is 1.71. The first-order valence-corrected chi connectivity index (χ1v) is 4.77. The largest absolute Gasteiger partial charge is 0.372 e. The van der Waals surface area contributed by atoms with Crippen LogP contribution in [0.1, 0.15) is 13.8 Å². The topological polar surface area (TPSA) is 37.8 Å². The maximum atomic E-state index is 5.51. The van der Waals surface area contributed by atoms with Gasteiger partial charge in [0.15, 0.2) is 0 Å². The van der Waals surface area contributed by atoms with Crippen LogP contribution in [0.25, 0.3) is 0 Å². The summed E-state index contributed by atoms with van der Waals surface area (Å²) >= 11 is 8.76. The van der Waals surface area contributed by atoms with E-state index in [-0.39, 0.29) is 5.28 Å². The normalized spacial score (nSPS) is 8.42. The first-order valence-electron chi connectivity index (χ1n) is 3.60. The summed E-state index contributed by atoms with van der Waals surface area (Å²) in [7, 11) is 1.77. The first-order chi connectivity index (χ1) is 5.74. The summed E-state index contributed by atoms with van der Waals surface area (Å²) in [6, 6.07) is 0. The molecular weight excluding hydrogens is 241 g/mol. The molecule has 0 aliphatic rings. The SMILES string of the molecule is CC.CNc1nc(Cl)ncc1Br. The van der Waals surface area contributed by atoms with Gasteiger partial charge >= 0.3 is 0 Å². The van der Waals surface area contributed by atoms with Crippen LogP contribution in [0.3, 0.4) is 0 Å². The lowest BCUT2D eigenvalue weighted by Gasteiger charge is -1.99. The highest BCUT2D eigenvalue weighted by Crippen LogP contribution is 2.18. The molecule has 1 heterocycles. The summed E-state index contributed by atoms with van der Waals surface area (Å²) in [6.07, 6.45) is 1.60. The maximum Gasteiger partial charge on any atom is 0.224 e. The highest BCUT2D eigenvalue weighted by molar-refractivity contribution is 9.10. The molecule has 0 aliphatic carbocycles. The van der Waals surface area contributed by atoms with Crippen molar-refractivity contribution >= 4 is 33.3 Å². The predicted molar refractivity (Wildman–Crippen MR) is 55.6 cm³/mol. The lowest BCUT2D eigenvalue weighted by Crippen LogP contribution is -1.94. The number of aromatic nitrogens is 2. The molecule has 0 saturated carbocycles. The van der Waals surface area contributed by atoms with Gasteiger partial charge in [0.2, 0.25) is 5.28 Å². The smallest absolute Gasteiger partial charge is 0.224 e. The zero-order chi connectivity index (χ0) is 9.56. The molecule has 5 heteroatoms. The van der Waals surface area contributed by atoms with Crippen molar-refractivity contribution in [1.29, 1.82) is 0 Å². The summed E-state index contributed by atoms with van der Waals surface area (Å²) in [4.78, 5) is 7.64. The predicted octanol–water partition coefficient (Wildman–Crippen LogP) is 2.96. The van der Waals surface area contributed by atoms with E-state index in [0.29, 0.717) is 5.82 Å². The van der Waals surface area contributed by atoms with E-state index in [2.05, 4.69) is 31.2 Å². The second-order valence-electron chi connectivity index (χ2n) is 1.59. The molecule has 0 saturated heterocycles. The Morgan fingerprint density at radius 1 is 1.50 bits per heavy atom. The van der Waals surface area contributed by atoms with E-state index < -0.39 is 0 Å². The fraction of sp³-hybridized carbons (Fsp3) is 0.429. The van der Waals surface area contributed by atoms with Gasteiger partial charge < -0.3 is 5.32 Å². The fourth-order valence-corrected chi connectivity index (χ4v) is 1.04. The third-order valence-electron chi connectivity index (χ3n) is 0.952. The summed E-state index contributed by atoms with van der Waals surface area (Å²) in [5.74, 6) is 0.694. The molecule has 0 atom stereocenters. The number of nitrogens with one attached hydrogen (secondary N) is 1.